The van der Waals surface area contributed by atoms with E-state index in [1.807, 2.05) is 0 Å². The van der Waals surface area contributed by atoms with E-state index in [4.69, 9.17) is 10.5 Å². The summed E-state index contributed by atoms with van der Waals surface area (Å²) in [7, 11) is 0. The first-order valence-electron chi connectivity index (χ1n) is 7.37. The summed E-state index contributed by atoms with van der Waals surface area (Å²) in [6.45, 7) is 8.03. The summed E-state index contributed by atoms with van der Waals surface area (Å²) in [6.07, 6.45) is 8.54. The van der Waals surface area contributed by atoms with Gasteiger partial charge in [-0.15, -0.1) is 0 Å². The van der Waals surface area contributed by atoms with Gasteiger partial charge in [-0.2, -0.15) is 0 Å². The van der Waals surface area contributed by atoms with Crippen molar-refractivity contribution in [2.75, 3.05) is 6.61 Å². The van der Waals surface area contributed by atoms with Gasteiger partial charge < -0.3 is 10.5 Å². The molecule has 0 bridgehead atoms. The quantitative estimate of drug-likeness (QED) is 0.800. The molecule has 1 atom stereocenters. The number of nitrogens with two attached hydrogens (primary N) is 1. The Morgan fingerprint density at radius 2 is 1.88 bits per heavy atom. The van der Waals surface area contributed by atoms with Crippen LogP contribution in [0.5, 0.6) is 0 Å². The Morgan fingerprint density at radius 3 is 2.41 bits per heavy atom. The predicted molar refractivity (Wildman–Crippen MR) is 71.9 cm³/mol. The Morgan fingerprint density at radius 1 is 1.24 bits per heavy atom. The van der Waals surface area contributed by atoms with Gasteiger partial charge in [-0.25, -0.2) is 0 Å². The summed E-state index contributed by atoms with van der Waals surface area (Å²) in [5, 5.41) is 0. The zero-order chi connectivity index (χ0) is 12.5. The third-order valence-corrected chi connectivity index (χ3v) is 5.44. The molecule has 2 nitrogen and oxygen atoms in total. The first kappa shape index (κ1) is 13.4. The Labute approximate surface area is 106 Å². The molecule has 2 rings (SSSR count). The van der Waals surface area contributed by atoms with E-state index in [9.17, 15) is 0 Å². The van der Waals surface area contributed by atoms with Crippen LogP contribution in [0, 0.1) is 11.3 Å². The third-order valence-electron chi connectivity index (χ3n) is 5.44. The average Bonchev–Trinajstić information content (AvgIpc) is 2.29. The minimum atomic E-state index is 0.151. The predicted octanol–water partition coefficient (Wildman–Crippen LogP) is 3.49. The van der Waals surface area contributed by atoms with Crippen LogP contribution < -0.4 is 5.73 Å². The zero-order valence-corrected chi connectivity index (χ0v) is 11.8. The van der Waals surface area contributed by atoms with Gasteiger partial charge in [0.15, 0.2) is 0 Å². The van der Waals surface area contributed by atoms with Crippen LogP contribution in [0.4, 0.5) is 0 Å². The van der Waals surface area contributed by atoms with Gasteiger partial charge in [0.05, 0.1) is 5.60 Å². The first-order chi connectivity index (χ1) is 7.97. The van der Waals surface area contributed by atoms with Gasteiger partial charge in [0.25, 0.3) is 0 Å². The van der Waals surface area contributed by atoms with Crippen molar-refractivity contribution in [2.45, 2.75) is 77.4 Å². The monoisotopic (exact) mass is 239 g/mol. The van der Waals surface area contributed by atoms with Gasteiger partial charge in [0.2, 0.25) is 0 Å². The molecule has 2 aliphatic rings. The molecule has 100 valence electrons. The van der Waals surface area contributed by atoms with Crippen LogP contribution in [0.1, 0.15) is 65.7 Å². The second kappa shape index (κ2) is 4.89. The molecule has 0 aromatic carbocycles. The molecule has 1 saturated heterocycles. The van der Waals surface area contributed by atoms with Gasteiger partial charge in [0.1, 0.15) is 0 Å². The molecule has 1 aliphatic heterocycles. The van der Waals surface area contributed by atoms with Gasteiger partial charge in [-0.1, -0.05) is 27.2 Å². The normalized spacial score (nSPS) is 39.5. The molecule has 0 amide bonds. The third kappa shape index (κ3) is 2.85. The molecule has 0 aromatic heterocycles. The van der Waals surface area contributed by atoms with Crippen molar-refractivity contribution in [1.29, 1.82) is 0 Å². The van der Waals surface area contributed by atoms with Crippen molar-refractivity contribution in [3.8, 4) is 0 Å². The van der Waals surface area contributed by atoms with E-state index in [0.717, 1.165) is 25.4 Å². The van der Waals surface area contributed by atoms with Crippen molar-refractivity contribution >= 4 is 0 Å². The van der Waals surface area contributed by atoms with Crippen LogP contribution >= 0.6 is 0 Å². The van der Waals surface area contributed by atoms with Crippen LogP contribution in [0.15, 0.2) is 0 Å². The molecular weight excluding hydrogens is 210 g/mol. The Kier molecular flexibility index (Phi) is 3.84. The molecule has 0 radical (unpaired) electrons. The Bertz CT molecular complexity index is 254. The van der Waals surface area contributed by atoms with E-state index < -0.39 is 0 Å². The topological polar surface area (TPSA) is 35.2 Å². The molecule has 1 aliphatic carbocycles. The molecule has 0 aromatic rings. The lowest BCUT2D eigenvalue weighted by Gasteiger charge is -2.47. The van der Waals surface area contributed by atoms with Crippen molar-refractivity contribution in [2.24, 2.45) is 17.1 Å². The molecule has 1 spiro atoms. The summed E-state index contributed by atoms with van der Waals surface area (Å²) in [5.41, 5.74) is 6.76. The van der Waals surface area contributed by atoms with E-state index in [2.05, 4.69) is 20.8 Å². The molecule has 1 heterocycles. The van der Waals surface area contributed by atoms with Gasteiger partial charge in [-0.05, 0) is 49.9 Å². The minimum Gasteiger partial charge on any atom is -0.375 e. The summed E-state index contributed by atoms with van der Waals surface area (Å²) in [5.74, 6) is 0.875. The van der Waals surface area contributed by atoms with E-state index >= 15 is 0 Å². The molecular formula is C15H29NO. The maximum atomic E-state index is 6.11. The first-order valence-corrected chi connectivity index (χ1v) is 7.37. The van der Waals surface area contributed by atoms with E-state index in [1.54, 1.807) is 0 Å². The summed E-state index contributed by atoms with van der Waals surface area (Å²) in [6, 6.07) is 0.375. The van der Waals surface area contributed by atoms with Crippen LogP contribution in [0.2, 0.25) is 0 Å². The Balaban J connectivity index is 1.93. The smallest absolute Gasteiger partial charge is 0.0697 e. The second-order valence-electron chi connectivity index (χ2n) is 6.90. The van der Waals surface area contributed by atoms with Crippen LogP contribution in [-0.4, -0.2) is 18.2 Å². The van der Waals surface area contributed by atoms with Crippen LogP contribution in [0.25, 0.3) is 0 Å². The largest absolute Gasteiger partial charge is 0.375 e. The van der Waals surface area contributed by atoms with E-state index in [1.165, 1.54) is 32.1 Å². The van der Waals surface area contributed by atoms with Gasteiger partial charge in [-0.3, -0.25) is 0 Å². The fourth-order valence-corrected chi connectivity index (χ4v) is 3.63. The molecule has 2 N–H and O–H groups in total. The number of rotatable bonds is 2. The lowest BCUT2D eigenvalue weighted by Crippen LogP contribution is -2.48. The maximum absolute atomic E-state index is 6.11. The minimum absolute atomic E-state index is 0.151. The maximum Gasteiger partial charge on any atom is 0.0697 e. The highest BCUT2D eigenvalue weighted by Crippen LogP contribution is 2.46. The summed E-state index contributed by atoms with van der Waals surface area (Å²) >= 11 is 0. The fraction of sp³-hybridized carbons (Fsp3) is 1.00. The molecule has 2 fully saturated rings. The van der Waals surface area contributed by atoms with Crippen molar-refractivity contribution in [3.05, 3.63) is 0 Å². The molecule has 1 saturated carbocycles. The SMILES string of the molecule is CCC(C)(C)C1CCC2(CC1)CC(N)CCO2. The molecule has 1 unspecified atom stereocenters. The molecule has 2 heteroatoms. The van der Waals surface area contributed by atoms with E-state index in [0.29, 0.717) is 11.5 Å². The lowest BCUT2D eigenvalue weighted by molar-refractivity contribution is -0.118. The van der Waals surface area contributed by atoms with Crippen molar-refractivity contribution in [1.82, 2.24) is 0 Å². The number of hydrogen-bond donors (Lipinski definition) is 1. The summed E-state index contributed by atoms with van der Waals surface area (Å²) < 4.78 is 6.09. The second-order valence-corrected chi connectivity index (χ2v) is 6.90. The van der Waals surface area contributed by atoms with Crippen LogP contribution in [0.3, 0.4) is 0 Å². The van der Waals surface area contributed by atoms with Crippen molar-refractivity contribution < 1.29 is 4.74 Å². The number of hydrogen-bond acceptors (Lipinski definition) is 2. The highest BCUT2D eigenvalue weighted by molar-refractivity contribution is 4.95. The average molecular weight is 239 g/mol. The summed E-state index contributed by atoms with van der Waals surface area (Å²) in [4.78, 5) is 0. The Hall–Kier alpha value is -0.0800. The standard InChI is InChI=1S/C15H29NO/c1-4-14(2,3)12-5-8-15(9-6-12)11-13(16)7-10-17-15/h12-13H,4-11,16H2,1-3H3. The van der Waals surface area contributed by atoms with Crippen molar-refractivity contribution in [3.63, 3.8) is 0 Å². The van der Waals surface area contributed by atoms with E-state index in [-0.39, 0.29) is 5.60 Å². The van der Waals surface area contributed by atoms with Gasteiger partial charge in [0, 0.05) is 12.6 Å². The zero-order valence-electron chi connectivity index (χ0n) is 11.8. The lowest BCUT2D eigenvalue weighted by atomic mass is 9.65. The number of ether oxygens (including phenoxy) is 1. The highest BCUT2D eigenvalue weighted by Gasteiger charge is 2.42. The highest BCUT2D eigenvalue weighted by atomic mass is 16.5. The fourth-order valence-electron chi connectivity index (χ4n) is 3.63. The molecule has 17 heavy (non-hydrogen) atoms. The van der Waals surface area contributed by atoms with Gasteiger partial charge >= 0.3 is 0 Å². The van der Waals surface area contributed by atoms with Crippen LogP contribution in [-0.2, 0) is 4.74 Å².